The molecule has 3 atom stereocenters. The summed E-state index contributed by atoms with van der Waals surface area (Å²) in [6.45, 7) is 2.30. The standard InChI is InChI=1S/C11H18N4/c1-8-2-3-9(4-8)11(15-12)10-5-13-7-14-6-10/h5-9,11,15H,2-4,12H2,1H3. The van der Waals surface area contributed by atoms with E-state index in [0.29, 0.717) is 5.92 Å². The summed E-state index contributed by atoms with van der Waals surface area (Å²) in [6.07, 6.45) is 9.03. The van der Waals surface area contributed by atoms with Crippen molar-refractivity contribution < 1.29 is 0 Å². The number of nitrogens with one attached hydrogen (secondary N) is 1. The van der Waals surface area contributed by atoms with Crippen molar-refractivity contribution in [1.82, 2.24) is 15.4 Å². The SMILES string of the molecule is CC1CCC(C(NN)c2cncnc2)C1. The van der Waals surface area contributed by atoms with Crippen molar-refractivity contribution in [2.24, 2.45) is 17.7 Å². The van der Waals surface area contributed by atoms with E-state index in [1.165, 1.54) is 19.3 Å². The zero-order chi connectivity index (χ0) is 10.7. The smallest absolute Gasteiger partial charge is 0.115 e. The molecule has 1 aromatic rings. The minimum Gasteiger partial charge on any atom is -0.271 e. The molecule has 0 bridgehead atoms. The Morgan fingerprint density at radius 3 is 2.67 bits per heavy atom. The molecule has 3 N–H and O–H groups in total. The zero-order valence-electron chi connectivity index (χ0n) is 9.06. The number of aromatic nitrogens is 2. The van der Waals surface area contributed by atoms with Gasteiger partial charge in [-0.15, -0.1) is 0 Å². The maximum Gasteiger partial charge on any atom is 0.115 e. The molecule has 0 aliphatic heterocycles. The molecule has 0 aromatic carbocycles. The van der Waals surface area contributed by atoms with Gasteiger partial charge in [-0.3, -0.25) is 11.3 Å². The van der Waals surface area contributed by atoms with E-state index in [1.54, 1.807) is 6.33 Å². The molecule has 0 amide bonds. The van der Waals surface area contributed by atoms with Gasteiger partial charge >= 0.3 is 0 Å². The van der Waals surface area contributed by atoms with Crippen LogP contribution in [0.5, 0.6) is 0 Å². The van der Waals surface area contributed by atoms with Crippen LogP contribution < -0.4 is 11.3 Å². The fourth-order valence-corrected chi connectivity index (χ4v) is 2.53. The van der Waals surface area contributed by atoms with Gasteiger partial charge in [0.1, 0.15) is 6.33 Å². The summed E-state index contributed by atoms with van der Waals surface area (Å²) in [5.41, 5.74) is 4.00. The van der Waals surface area contributed by atoms with Crippen molar-refractivity contribution in [3.05, 3.63) is 24.3 Å². The van der Waals surface area contributed by atoms with Crippen LogP contribution in [0.1, 0.15) is 37.8 Å². The molecule has 0 radical (unpaired) electrons. The van der Waals surface area contributed by atoms with Gasteiger partial charge in [0.05, 0.1) is 6.04 Å². The molecule has 1 aromatic heterocycles. The molecular weight excluding hydrogens is 188 g/mol. The van der Waals surface area contributed by atoms with Gasteiger partial charge in [-0.05, 0) is 24.7 Å². The molecular formula is C11H18N4. The Bertz CT molecular complexity index is 301. The summed E-state index contributed by atoms with van der Waals surface area (Å²) in [5.74, 6) is 7.06. The number of hydrogen-bond donors (Lipinski definition) is 2. The number of rotatable bonds is 3. The van der Waals surface area contributed by atoms with E-state index in [1.807, 2.05) is 12.4 Å². The fourth-order valence-electron chi connectivity index (χ4n) is 2.53. The number of nitrogens with zero attached hydrogens (tertiary/aromatic N) is 2. The molecule has 4 heteroatoms. The van der Waals surface area contributed by atoms with Crippen LogP contribution in [0.4, 0.5) is 0 Å². The molecule has 82 valence electrons. The van der Waals surface area contributed by atoms with Crippen LogP contribution in [0.15, 0.2) is 18.7 Å². The number of hydrogen-bond acceptors (Lipinski definition) is 4. The van der Waals surface area contributed by atoms with Gasteiger partial charge in [0.25, 0.3) is 0 Å². The van der Waals surface area contributed by atoms with Crippen molar-refractivity contribution >= 4 is 0 Å². The van der Waals surface area contributed by atoms with Gasteiger partial charge in [-0.1, -0.05) is 13.3 Å². The van der Waals surface area contributed by atoms with Crippen LogP contribution in [0.2, 0.25) is 0 Å². The molecule has 1 aliphatic carbocycles. The number of nitrogens with two attached hydrogens (primary N) is 1. The average Bonchev–Trinajstić information content (AvgIpc) is 2.68. The maximum absolute atomic E-state index is 5.62. The van der Waals surface area contributed by atoms with Gasteiger partial charge in [0.2, 0.25) is 0 Å². The minimum atomic E-state index is 0.205. The van der Waals surface area contributed by atoms with Gasteiger partial charge in [0.15, 0.2) is 0 Å². The minimum absolute atomic E-state index is 0.205. The lowest BCUT2D eigenvalue weighted by atomic mass is 9.93. The largest absolute Gasteiger partial charge is 0.271 e. The zero-order valence-corrected chi connectivity index (χ0v) is 9.06. The van der Waals surface area contributed by atoms with Crippen molar-refractivity contribution in [3.63, 3.8) is 0 Å². The van der Waals surface area contributed by atoms with Crippen molar-refractivity contribution in [2.45, 2.75) is 32.2 Å². The third kappa shape index (κ3) is 2.33. The third-order valence-corrected chi connectivity index (χ3v) is 3.33. The second kappa shape index (κ2) is 4.68. The average molecular weight is 206 g/mol. The van der Waals surface area contributed by atoms with Crippen LogP contribution in [-0.4, -0.2) is 9.97 Å². The predicted molar refractivity (Wildman–Crippen MR) is 58.6 cm³/mol. The summed E-state index contributed by atoms with van der Waals surface area (Å²) >= 11 is 0. The highest BCUT2D eigenvalue weighted by molar-refractivity contribution is 5.11. The van der Waals surface area contributed by atoms with Gasteiger partial charge in [-0.2, -0.15) is 0 Å². The molecule has 1 fully saturated rings. The maximum atomic E-state index is 5.62. The van der Waals surface area contributed by atoms with Crippen molar-refractivity contribution in [2.75, 3.05) is 0 Å². The first-order valence-corrected chi connectivity index (χ1v) is 5.52. The molecule has 1 saturated carbocycles. The highest BCUT2D eigenvalue weighted by Gasteiger charge is 2.29. The molecule has 3 unspecified atom stereocenters. The molecule has 4 nitrogen and oxygen atoms in total. The first-order valence-electron chi connectivity index (χ1n) is 5.52. The van der Waals surface area contributed by atoms with E-state index < -0.39 is 0 Å². The lowest BCUT2D eigenvalue weighted by Crippen LogP contribution is -2.33. The van der Waals surface area contributed by atoms with Crippen molar-refractivity contribution in [3.8, 4) is 0 Å². The second-order valence-electron chi connectivity index (χ2n) is 4.49. The summed E-state index contributed by atoms with van der Waals surface area (Å²) in [5, 5.41) is 0. The summed E-state index contributed by atoms with van der Waals surface area (Å²) < 4.78 is 0. The van der Waals surface area contributed by atoms with E-state index in [2.05, 4.69) is 22.3 Å². The van der Waals surface area contributed by atoms with Gasteiger partial charge < -0.3 is 0 Å². The summed E-state index contributed by atoms with van der Waals surface area (Å²) in [4.78, 5) is 8.07. The summed E-state index contributed by atoms with van der Waals surface area (Å²) in [6, 6.07) is 0.205. The Kier molecular flexibility index (Phi) is 3.28. The van der Waals surface area contributed by atoms with Crippen LogP contribution >= 0.6 is 0 Å². The van der Waals surface area contributed by atoms with E-state index in [-0.39, 0.29) is 6.04 Å². The van der Waals surface area contributed by atoms with Crippen LogP contribution in [0.3, 0.4) is 0 Å². The highest BCUT2D eigenvalue weighted by atomic mass is 15.2. The van der Waals surface area contributed by atoms with Crippen LogP contribution in [0.25, 0.3) is 0 Å². The van der Waals surface area contributed by atoms with E-state index in [0.717, 1.165) is 11.5 Å². The molecule has 2 rings (SSSR count). The second-order valence-corrected chi connectivity index (χ2v) is 4.49. The Morgan fingerprint density at radius 2 is 2.13 bits per heavy atom. The third-order valence-electron chi connectivity index (χ3n) is 3.33. The topological polar surface area (TPSA) is 63.8 Å². The van der Waals surface area contributed by atoms with Gasteiger partial charge in [-0.25, -0.2) is 9.97 Å². The van der Waals surface area contributed by atoms with Crippen molar-refractivity contribution in [1.29, 1.82) is 0 Å². The van der Waals surface area contributed by atoms with E-state index in [9.17, 15) is 0 Å². The first-order chi connectivity index (χ1) is 7.31. The fraction of sp³-hybridized carbons (Fsp3) is 0.636. The molecule has 1 heterocycles. The first kappa shape index (κ1) is 10.5. The molecule has 0 saturated heterocycles. The monoisotopic (exact) mass is 206 g/mol. The molecule has 15 heavy (non-hydrogen) atoms. The Hall–Kier alpha value is -1.00. The van der Waals surface area contributed by atoms with Crippen LogP contribution in [-0.2, 0) is 0 Å². The summed E-state index contributed by atoms with van der Waals surface area (Å²) in [7, 11) is 0. The lowest BCUT2D eigenvalue weighted by Gasteiger charge is -2.22. The number of hydrazine groups is 1. The highest BCUT2D eigenvalue weighted by Crippen LogP contribution is 2.38. The van der Waals surface area contributed by atoms with E-state index >= 15 is 0 Å². The molecule has 1 aliphatic rings. The lowest BCUT2D eigenvalue weighted by molar-refractivity contribution is 0.362. The quantitative estimate of drug-likeness (QED) is 0.580. The Labute approximate surface area is 90.3 Å². The predicted octanol–water partition coefficient (Wildman–Crippen LogP) is 1.42. The van der Waals surface area contributed by atoms with Gasteiger partial charge in [0, 0.05) is 18.0 Å². The molecule has 0 spiro atoms. The van der Waals surface area contributed by atoms with E-state index in [4.69, 9.17) is 5.84 Å². The Morgan fingerprint density at radius 1 is 1.40 bits per heavy atom. The Balaban J connectivity index is 2.11. The normalized spacial score (nSPS) is 27.9. The van der Waals surface area contributed by atoms with Crippen LogP contribution in [0, 0.1) is 11.8 Å².